The Bertz CT molecular complexity index is 705. The molecule has 1 aliphatic rings. The molecule has 0 saturated heterocycles. The van der Waals surface area contributed by atoms with Crippen LogP contribution in [0.3, 0.4) is 0 Å². The Hall–Kier alpha value is -2.86. The SMILES string of the molecule is COc1ccc(CN(C=O)C(=O)C2=CC(O)C=CC=C2)c(OC)c1. The van der Waals surface area contributed by atoms with Gasteiger partial charge >= 0.3 is 0 Å². The third-order valence-electron chi connectivity index (χ3n) is 3.52. The number of aliphatic hydroxyl groups excluding tert-OH is 1. The fraction of sp³-hybridized carbons (Fsp3) is 0.222. The molecule has 0 fully saturated rings. The largest absolute Gasteiger partial charge is 0.497 e. The first-order valence-corrected chi connectivity index (χ1v) is 7.31. The first kappa shape index (κ1) is 17.5. The lowest BCUT2D eigenvalue weighted by Gasteiger charge is -2.18. The van der Waals surface area contributed by atoms with Gasteiger partial charge in [-0.25, -0.2) is 0 Å². The lowest BCUT2D eigenvalue weighted by Crippen LogP contribution is -2.30. The van der Waals surface area contributed by atoms with Crippen molar-refractivity contribution in [2.45, 2.75) is 12.6 Å². The van der Waals surface area contributed by atoms with E-state index in [1.54, 1.807) is 43.5 Å². The number of allylic oxidation sites excluding steroid dienone is 2. The van der Waals surface area contributed by atoms with Gasteiger partial charge in [0.2, 0.25) is 6.41 Å². The van der Waals surface area contributed by atoms with Gasteiger partial charge in [0, 0.05) is 17.2 Å². The summed E-state index contributed by atoms with van der Waals surface area (Å²) in [6.45, 7) is 0.0458. The van der Waals surface area contributed by atoms with Gasteiger partial charge in [-0.15, -0.1) is 0 Å². The quantitative estimate of drug-likeness (QED) is 0.802. The van der Waals surface area contributed by atoms with E-state index in [9.17, 15) is 14.7 Å². The Kier molecular flexibility index (Phi) is 5.92. The van der Waals surface area contributed by atoms with E-state index in [-0.39, 0.29) is 12.1 Å². The fourth-order valence-electron chi connectivity index (χ4n) is 2.26. The minimum atomic E-state index is -0.872. The second-order valence-corrected chi connectivity index (χ2v) is 5.07. The number of amides is 2. The Balaban J connectivity index is 2.23. The number of imide groups is 1. The van der Waals surface area contributed by atoms with Crippen LogP contribution >= 0.6 is 0 Å². The van der Waals surface area contributed by atoms with Crippen LogP contribution < -0.4 is 9.47 Å². The maximum Gasteiger partial charge on any atom is 0.260 e. The topological polar surface area (TPSA) is 76.1 Å². The minimum absolute atomic E-state index is 0.0458. The van der Waals surface area contributed by atoms with Crippen molar-refractivity contribution in [3.8, 4) is 11.5 Å². The number of benzene rings is 1. The summed E-state index contributed by atoms with van der Waals surface area (Å²) in [7, 11) is 3.05. The number of ether oxygens (including phenoxy) is 2. The molecule has 1 aliphatic carbocycles. The highest BCUT2D eigenvalue weighted by molar-refractivity contribution is 6.01. The summed E-state index contributed by atoms with van der Waals surface area (Å²) < 4.78 is 10.4. The normalized spacial score (nSPS) is 16.1. The van der Waals surface area contributed by atoms with E-state index in [0.29, 0.717) is 23.5 Å². The van der Waals surface area contributed by atoms with Crippen molar-refractivity contribution in [1.29, 1.82) is 0 Å². The van der Waals surface area contributed by atoms with Crippen LogP contribution in [0.25, 0.3) is 0 Å². The van der Waals surface area contributed by atoms with Gasteiger partial charge in [-0.3, -0.25) is 14.5 Å². The molecule has 0 heterocycles. The predicted molar refractivity (Wildman–Crippen MR) is 88.5 cm³/mol. The Morgan fingerprint density at radius 3 is 2.75 bits per heavy atom. The molecular weight excluding hydrogens is 310 g/mol. The molecule has 0 saturated carbocycles. The second-order valence-electron chi connectivity index (χ2n) is 5.07. The number of carbonyl (C=O) groups is 2. The predicted octanol–water partition coefficient (Wildman–Crippen LogP) is 1.60. The van der Waals surface area contributed by atoms with Crippen LogP contribution in [-0.4, -0.2) is 42.6 Å². The molecule has 0 aromatic heterocycles. The number of hydrogen-bond acceptors (Lipinski definition) is 5. The third-order valence-corrected chi connectivity index (χ3v) is 3.52. The number of nitrogens with zero attached hydrogens (tertiary/aromatic N) is 1. The summed E-state index contributed by atoms with van der Waals surface area (Å²) in [5.41, 5.74) is 0.905. The Morgan fingerprint density at radius 2 is 2.08 bits per heavy atom. The average molecular weight is 329 g/mol. The van der Waals surface area contributed by atoms with Crippen LogP contribution in [0.5, 0.6) is 11.5 Å². The standard InChI is InChI=1S/C18H19NO5/c1-23-16-8-7-14(17(10-16)24-2)11-19(12-20)18(22)13-5-3-4-6-15(21)9-13/h3-10,12,15,21H,11H2,1-2H3. The van der Waals surface area contributed by atoms with Crippen LogP contribution in [0.1, 0.15) is 5.56 Å². The maximum atomic E-state index is 12.5. The van der Waals surface area contributed by atoms with E-state index in [1.807, 2.05) is 0 Å². The molecule has 1 aromatic rings. The van der Waals surface area contributed by atoms with Gasteiger partial charge in [0.05, 0.1) is 26.9 Å². The van der Waals surface area contributed by atoms with Gasteiger partial charge < -0.3 is 14.6 Å². The fourth-order valence-corrected chi connectivity index (χ4v) is 2.26. The molecule has 0 spiro atoms. The average Bonchev–Trinajstić information content (AvgIpc) is 2.83. The van der Waals surface area contributed by atoms with Crippen LogP contribution in [0, 0.1) is 0 Å². The Labute approximate surface area is 140 Å². The van der Waals surface area contributed by atoms with E-state index < -0.39 is 12.0 Å². The molecule has 6 heteroatoms. The highest BCUT2D eigenvalue weighted by Crippen LogP contribution is 2.26. The van der Waals surface area contributed by atoms with E-state index >= 15 is 0 Å². The first-order valence-electron chi connectivity index (χ1n) is 7.31. The van der Waals surface area contributed by atoms with E-state index in [4.69, 9.17) is 9.47 Å². The number of methoxy groups -OCH3 is 2. The van der Waals surface area contributed by atoms with Crippen molar-refractivity contribution >= 4 is 12.3 Å². The summed E-state index contributed by atoms with van der Waals surface area (Å²) in [6.07, 6.45) is 7.35. The highest BCUT2D eigenvalue weighted by atomic mass is 16.5. The molecule has 1 aromatic carbocycles. The summed E-state index contributed by atoms with van der Waals surface area (Å²) in [4.78, 5) is 24.9. The van der Waals surface area contributed by atoms with Crippen LogP contribution in [0.15, 0.2) is 54.2 Å². The van der Waals surface area contributed by atoms with Gasteiger partial charge in [-0.1, -0.05) is 18.2 Å². The second kappa shape index (κ2) is 8.12. The molecule has 1 N–H and O–H groups in total. The smallest absolute Gasteiger partial charge is 0.260 e. The van der Waals surface area contributed by atoms with Crippen LogP contribution in [0.4, 0.5) is 0 Å². The molecule has 2 rings (SSSR count). The van der Waals surface area contributed by atoms with Crippen molar-refractivity contribution in [2.75, 3.05) is 14.2 Å². The van der Waals surface area contributed by atoms with Crippen LogP contribution in [-0.2, 0) is 16.1 Å². The molecule has 1 atom stereocenters. The van der Waals surface area contributed by atoms with Crippen molar-refractivity contribution in [2.24, 2.45) is 0 Å². The first-order chi connectivity index (χ1) is 11.6. The molecule has 2 amide bonds. The molecule has 0 aliphatic heterocycles. The molecule has 0 bridgehead atoms. The Morgan fingerprint density at radius 1 is 1.29 bits per heavy atom. The van der Waals surface area contributed by atoms with Gasteiger partial charge in [-0.2, -0.15) is 0 Å². The number of rotatable bonds is 6. The molecular formula is C18H19NO5. The van der Waals surface area contributed by atoms with Gasteiger partial charge in [0.25, 0.3) is 5.91 Å². The molecule has 1 unspecified atom stereocenters. The summed E-state index contributed by atoms with van der Waals surface area (Å²) in [5.74, 6) is 0.631. The van der Waals surface area contributed by atoms with Crippen molar-refractivity contribution in [1.82, 2.24) is 4.90 Å². The van der Waals surface area contributed by atoms with E-state index in [0.717, 1.165) is 4.90 Å². The van der Waals surface area contributed by atoms with Crippen molar-refractivity contribution in [3.05, 3.63) is 59.7 Å². The zero-order valence-electron chi connectivity index (χ0n) is 13.5. The van der Waals surface area contributed by atoms with E-state index in [1.165, 1.54) is 19.3 Å². The van der Waals surface area contributed by atoms with Gasteiger partial charge in [0.1, 0.15) is 11.5 Å². The molecule has 0 radical (unpaired) electrons. The molecule has 126 valence electrons. The van der Waals surface area contributed by atoms with Crippen molar-refractivity contribution in [3.63, 3.8) is 0 Å². The maximum absolute atomic E-state index is 12.5. The molecule has 24 heavy (non-hydrogen) atoms. The number of aliphatic hydroxyl groups is 1. The summed E-state index contributed by atoms with van der Waals surface area (Å²) in [5, 5.41) is 9.70. The zero-order valence-corrected chi connectivity index (χ0v) is 13.5. The number of hydrogen-bond donors (Lipinski definition) is 1. The third kappa shape index (κ3) is 4.11. The number of carbonyl (C=O) groups excluding carboxylic acids is 2. The monoisotopic (exact) mass is 329 g/mol. The van der Waals surface area contributed by atoms with Gasteiger partial charge in [0.15, 0.2) is 0 Å². The van der Waals surface area contributed by atoms with Crippen molar-refractivity contribution < 1.29 is 24.2 Å². The lowest BCUT2D eigenvalue weighted by atomic mass is 10.1. The van der Waals surface area contributed by atoms with E-state index in [2.05, 4.69) is 0 Å². The van der Waals surface area contributed by atoms with Gasteiger partial charge in [-0.05, 0) is 24.3 Å². The highest BCUT2D eigenvalue weighted by Gasteiger charge is 2.19. The lowest BCUT2D eigenvalue weighted by molar-refractivity contribution is -0.135. The minimum Gasteiger partial charge on any atom is -0.497 e. The summed E-state index contributed by atoms with van der Waals surface area (Å²) in [6, 6.07) is 5.14. The zero-order chi connectivity index (χ0) is 17.5. The van der Waals surface area contributed by atoms with Crippen LogP contribution in [0.2, 0.25) is 0 Å². The summed E-state index contributed by atoms with van der Waals surface area (Å²) >= 11 is 0. The molecule has 6 nitrogen and oxygen atoms in total.